The molecule has 98 valence electrons. The molecule has 4 heteroatoms. The van der Waals surface area contributed by atoms with Gasteiger partial charge in [0, 0.05) is 13.1 Å². The number of β-amino-alcohol motifs (C(OH)–C–C–N with tert-alkyl or cyclic N) is 1. The number of carbonyl (C=O) groups is 1. The Morgan fingerprint density at radius 2 is 2.28 bits per heavy atom. The second-order valence-corrected chi connectivity index (χ2v) is 4.65. The zero-order valence-electron chi connectivity index (χ0n) is 10.6. The molecule has 1 heterocycles. The van der Waals surface area contributed by atoms with E-state index >= 15 is 0 Å². The van der Waals surface area contributed by atoms with Crippen molar-refractivity contribution in [3.8, 4) is 5.75 Å². The highest BCUT2D eigenvalue weighted by atomic mass is 16.5. The van der Waals surface area contributed by atoms with E-state index in [1.165, 1.54) is 0 Å². The van der Waals surface area contributed by atoms with Crippen LogP contribution in [0.1, 0.15) is 18.4 Å². The summed E-state index contributed by atoms with van der Waals surface area (Å²) in [5.41, 5.74) is 1.07. The second kappa shape index (κ2) is 5.87. The molecule has 0 spiro atoms. The van der Waals surface area contributed by atoms with E-state index < -0.39 is 0 Å². The van der Waals surface area contributed by atoms with Crippen LogP contribution >= 0.6 is 0 Å². The highest BCUT2D eigenvalue weighted by Crippen LogP contribution is 2.16. The zero-order valence-corrected chi connectivity index (χ0v) is 10.6. The van der Waals surface area contributed by atoms with Crippen LogP contribution in [0.3, 0.4) is 0 Å². The normalized spacial score (nSPS) is 19.0. The van der Waals surface area contributed by atoms with E-state index in [1.54, 1.807) is 4.90 Å². The molecule has 18 heavy (non-hydrogen) atoms. The number of rotatable bonds is 4. The maximum atomic E-state index is 11.8. The van der Waals surface area contributed by atoms with Gasteiger partial charge in [0.05, 0.1) is 19.1 Å². The highest BCUT2D eigenvalue weighted by molar-refractivity contribution is 5.76. The minimum Gasteiger partial charge on any atom is -0.493 e. The topological polar surface area (TPSA) is 49.8 Å². The number of hydrogen-bond donors (Lipinski definition) is 1. The molecule has 1 aromatic rings. The molecule has 1 aliphatic heterocycles. The van der Waals surface area contributed by atoms with Gasteiger partial charge in [-0.3, -0.25) is 4.79 Å². The quantitative estimate of drug-likeness (QED) is 0.876. The third-order valence-electron chi connectivity index (χ3n) is 3.18. The van der Waals surface area contributed by atoms with Crippen LogP contribution in [0, 0.1) is 6.92 Å². The molecular weight excluding hydrogens is 230 g/mol. The molecule has 1 atom stereocenters. The summed E-state index contributed by atoms with van der Waals surface area (Å²) in [7, 11) is 0. The van der Waals surface area contributed by atoms with Crippen molar-refractivity contribution in [2.45, 2.75) is 25.9 Å². The Balaban J connectivity index is 1.75. The molecule has 1 amide bonds. The van der Waals surface area contributed by atoms with Crippen LogP contribution in [-0.4, -0.2) is 41.7 Å². The Kier molecular flexibility index (Phi) is 4.20. The SMILES string of the molecule is Cc1ccccc1OCCC(=O)N1CCC(O)C1. The second-order valence-electron chi connectivity index (χ2n) is 4.65. The number of aryl methyl sites for hydroxylation is 1. The number of amides is 1. The van der Waals surface area contributed by atoms with Gasteiger partial charge in [0.15, 0.2) is 0 Å². The highest BCUT2D eigenvalue weighted by Gasteiger charge is 2.23. The van der Waals surface area contributed by atoms with Crippen molar-refractivity contribution in [3.05, 3.63) is 29.8 Å². The minimum atomic E-state index is -0.355. The van der Waals surface area contributed by atoms with E-state index in [0.717, 1.165) is 11.3 Å². The number of benzene rings is 1. The van der Waals surface area contributed by atoms with Gasteiger partial charge in [0.25, 0.3) is 0 Å². The van der Waals surface area contributed by atoms with Gasteiger partial charge in [-0.1, -0.05) is 18.2 Å². The average molecular weight is 249 g/mol. The number of hydrogen-bond acceptors (Lipinski definition) is 3. The standard InChI is InChI=1S/C14H19NO3/c1-11-4-2-3-5-13(11)18-9-7-14(17)15-8-6-12(16)10-15/h2-5,12,16H,6-10H2,1H3. The average Bonchev–Trinajstić information content (AvgIpc) is 2.78. The molecule has 1 N–H and O–H groups in total. The third-order valence-corrected chi connectivity index (χ3v) is 3.18. The Bertz CT molecular complexity index is 419. The molecule has 1 aliphatic rings. The fraction of sp³-hybridized carbons (Fsp3) is 0.500. The van der Waals surface area contributed by atoms with Crippen LogP contribution in [-0.2, 0) is 4.79 Å². The van der Waals surface area contributed by atoms with E-state index in [2.05, 4.69) is 0 Å². The van der Waals surface area contributed by atoms with Gasteiger partial charge in [-0.2, -0.15) is 0 Å². The summed E-state index contributed by atoms with van der Waals surface area (Å²) in [6.07, 6.45) is 0.692. The van der Waals surface area contributed by atoms with E-state index in [9.17, 15) is 9.90 Å². The first-order valence-corrected chi connectivity index (χ1v) is 6.31. The Morgan fingerprint density at radius 1 is 1.50 bits per heavy atom. The van der Waals surface area contributed by atoms with Gasteiger partial charge in [-0.15, -0.1) is 0 Å². The van der Waals surface area contributed by atoms with Crippen LogP contribution in [0.25, 0.3) is 0 Å². The van der Waals surface area contributed by atoms with Crippen molar-refractivity contribution < 1.29 is 14.6 Å². The molecule has 1 aromatic carbocycles. The van der Waals surface area contributed by atoms with Gasteiger partial charge >= 0.3 is 0 Å². The number of para-hydroxylation sites is 1. The Labute approximate surface area is 107 Å². The summed E-state index contributed by atoms with van der Waals surface area (Å²) >= 11 is 0. The Morgan fingerprint density at radius 3 is 2.94 bits per heavy atom. The van der Waals surface area contributed by atoms with Crippen molar-refractivity contribution in [1.82, 2.24) is 4.90 Å². The van der Waals surface area contributed by atoms with E-state index in [0.29, 0.717) is 32.5 Å². The predicted molar refractivity (Wildman–Crippen MR) is 68.5 cm³/mol. The maximum absolute atomic E-state index is 11.8. The predicted octanol–water partition coefficient (Wildman–Crippen LogP) is 1.36. The molecule has 0 aliphatic carbocycles. The molecule has 0 radical (unpaired) electrons. The number of nitrogens with zero attached hydrogens (tertiary/aromatic N) is 1. The monoisotopic (exact) mass is 249 g/mol. The fourth-order valence-corrected chi connectivity index (χ4v) is 2.09. The first kappa shape index (κ1) is 12.9. The van der Waals surface area contributed by atoms with Crippen LogP contribution in [0.5, 0.6) is 5.75 Å². The van der Waals surface area contributed by atoms with Crippen LogP contribution < -0.4 is 4.74 Å². The maximum Gasteiger partial charge on any atom is 0.226 e. The van der Waals surface area contributed by atoms with Crippen LogP contribution in [0.4, 0.5) is 0 Å². The molecule has 0 aromatic heterocycles. The summed E-state index contributed by atoms with van der Waals surface area (Å²) in [4.78, 5) is 13.5. The summed E-state index contributed by atoms with van der Waals surface area (Å²) < 4.78 is 5.58. The summed E-state index contributed by atoms with van der Waals surface area (Å²) in [5, 5.41) is 9.36. The third kappa shape index (κ3) is 3.23. The van der Waals surface area contributed by atoms with Gasteiger partial charge in [0.1, 0.15) is 5.75 Å². The largest absolute Gasteiger partial charge is 0.493 e. The molecular formula is C14H19NO3. The lowest BCUT2D eigenvalue weighted by molar-refractivity contribution is -0.131. The van der Waals surface area contributed by atoms with E-state index in [1.807, 2.05) is 31.2 Å². The molecule has 1 unspecified atom stereocenters. The molecule has 0 saturated carbocycles. The van der Waals surface area contributed by atoms with Crippen LogP contribution in [0.15, 0.2) is 24.3 Å². The molecule has 1 saturated heterocycles. The number of ether oxygens (including phenoxy) is 1. The Hall–Kier alpha value is -1.55. The van der Waals surface area contributed by atoms with Crippen molar-refractivity contribution in [2.75, 3.05) is 19.7 Å². The number of carbonyl (C=O) groups excluding carboxylic acids is 1. The lowest BCUT2D eigenvalue weighted by Crippen LogP contribution is -2.30. The number of aliphatic hydroxyl groups is 1. The van der Waals surface area contributed by atoms with E-state index in [4.69, 9.17) is 4.74 Å². The van der Waals surface area contributed by atoms with Crippen molar-refractivity contribution in [1.29, 1.82) is 0 Å². The van der Waals surface area contributed by atoms with Crippen molar-refractivity contribution in [2.24, 2.45) is 0 Å². The molecule has 4 nitrogen and oxygen atoms in total. The summed E-state index contributed by atoms with van der Waals surface area (Å²) in [6, 6.07) is 7.76. The van der Waals surface area contributed by atoms with Crippen LogP contribution in [0.2, 0.25) is 0 Å². The van der Waals surface area contributed by atoms with Gasteiger partial charge in [-0.25, -0.2) is 0 Å². The molecule has 0 bridgehead atoms. The summed E-state index contributed by atoms with van der Waals surface area (Å²) in [6.45, 7) is 3.48. The van der Waals surface area contributed by atoms with Crippen molar-refractivity contribution >= 4 is 5.91 Å². The van der Waals surface area contributed by atoms with Gasteiger partial charge < -0.3 is 14.7 Å². The zero-order chi connectivity index (χ0) is 13.0. The first-order chi connectivity index (χ1) is 8.66. The number of likely N-dealkylation sites (tertiary alicyclic amines) is 1. The minimum absolute atomic E-state index is 0.0557. The molecule has 2 rings (SSSR count). The first-order valence-electron chi connectivity index (χ1n) is 6.31. The van der Waals surface area contributed by atoms with Gasteiger partial charge in [-0.05, 0) is 25.0 Å². The summed E-state index contributed by atoms with van der Waals surface area (Å²) in [5.74, 6) is 0.881. The van der Waals surface area contributed by atoms with Gasteiger partial charge in [0.2, 0.25) is 5.91 Å². The van der Waals surface area contributed by atoms with E-state index in [-0.39, 0.29) is 12.0 Å². The smallest absolute Gasteiger partial charge is 0.226 e. The molecule has 1 fully saturated rings. The lowest BCUT2D eigenvalue weighted by Gasteiger charge is -2.16. The fourth-order valence-electron chi connectivity index (χ4n) is 2.09. The number of aliphatic hydroxyl groups excluding tert-OH is 1. The lowest BCUT2D eigenvalue weighted by atomic mass is 10.2. The van der Waals surface area contributed by atoms with Crippen molar-refractivity contribution in [3.63, 3.8) is 0 Å².